The van der Waals surface area contributed by atoms with E-state index in [0.29, 0.717) is 23.2 Å². The lowest BCUT2D eigenvalue weighted by Gasteiger charge is -2.07. The van der Waals surface area contributed by atoms with Crippen molar-refractivity contribution in [3.63, 3.8) is 0 Å². The molecular formula is C16H11FN2O. The molecule has 0 spiro atoms. The molecular weight excluding hydrogens is 255 g/mol. The Morgan fingerprint density at radius 2 is 1.55 bits per heavy atom. The molecule has 4 heteroatoms. The van der Waals surface area contributed by atoms with Gasteiger partial charge in [0.25, 0.3) is 0 Å². The Hall–Kier alpha value is -2.75. The minimum absolute atomic E-state index is 0.187. The van der Waals surface area contributed by atoms with Crippen LogP contribution in [0.25, 0.3) is 16.9 Å². The third kappa shape index (κ3) is 2.01. The molecule has 0 amide bonds. The van der Waals surface area contributed by atoms with Gasteiger partial charge in [-0.25, -0.2) is 9.07 Å². The molecule has 0 radical (unpaired) electrons. The van der Waals surface area contributed by atoms with Gasteiger partial charge in [-0.1, -0.05) is 48.5 Å². The molecule has 3 rings (SSSR count). The number of rotatable bonds is 3. The Balaban J connectivity index is 2.27. The molecule has 3 aromatic rings. The smallest absolute Gasteiger partial charge is 0.180 e. The summed E-state index contributed by atoms with van der Waals surface area (Å²) < 4.78 is 15.8. The van der Waals surface area contributed by atoms with Crippen LogP contribution in [0.2, 0.25) is 0 Å². The second kappa shape index (κ2) is 5.09. The highest BCUT2D eigenvalue weighted by Gasteiger charge is 2.19. The van der Waals surface area contributed by atoms with Gasteiger partial charge in [-0.05, 0) is 12.1 Å². The summed E-state index contributed by atoms with van der Waals surface area (Å²) in [6, 6.07) is 18.2. The first-order chi connectivity index (χ1) is 9.81. The van der Waals surface area contributed by atoms with Crippen LogP contribution in [0, 0.1) is 5.82 Å². The molecule has 0 unspecified atom stereocenters. The molecule has 0 fully saturated rings. The molecule has 0 aliphatic heterocycles. The fourth-order valence-corrected chi connectivity index (χ4v) is 2.09. The standard InChI is InChI=1S/C16H11FN2O/c17-15-14(11-20)18-19(13-9-5-2-6-10-13)16(15)12-7-3-1-4-8-12/h1-11H. The predicted molar refractivity (Wildman–Crippen MR) is 74.3 cm³/mol. The highest BCUT2D eigenvalue weighted by Crippen LogP contribution is 2.27. The van der Waals surface area contributed by atoms with Gasteiger partial charge in [0.05, 0.1) is 5.69 Å². The zero-order chi connectivity index (χ0) is 13.9. The van der Waals surface area contributed by atoms with Crippen LogP contribution in [0.15, 0.2) is 60.7 Å². The van der Waals surface area contributed by atoms with E-state index in [9.17, 15) is 9.18 Å². The van der Waals surface area contributed by atoms with Crippen molar-refractivity contribution >= 4 is 6.29 Å². The van der Waals surface area contributed by atoms with Crippen molar-refractivity contribution in [2.45, 2.75) is 0 Å². The van der Waals surface area contributed by atoms with Gasteiger partial charge in [-0.15, -0.1) is 0 Å². The first-order valence-electron chi connectivity index (χ1n) is 6.16. The van der Waals surface area contributed by atoms with E-state index in [2.05, 4.69) is 5.10 Å². The molecule has 1 heterocycles. The highest BCUT2D eigenvalue weighted by molar-refractivity contribution is 5.77. The topological polar surface area (TPSA) is 34.9 Å². The van der Waals surface area contributed by atoms with Crippen LogP contribution >= 0.6 is 0 Å². The number of carbonyl (C=O) groups excluding carboxylic acids is 1. The number of hydrogen-bond acceptors (Lipinski definition) is 2. The molecule has 0 N–H and O–H groups in total. The number of para-hydroxylation sites is 1. The molecule has 3 nitrogen and oxygen atoms in total. The summed E-state index contributed by atoms with van der Waals surface area (Å²) in [6.07, 6.45) is 0.432. The van der Waals surface area contributed by atoms with Gasteiger partial charge in [0.2, 0.25) is 0 Å². The van der Waals surface area contributed by atoms with E-state index in [1.807, 2.05) is 48.5 Å². The zero-order valence-electron chi connectivity index (χ0n) is 10.5. The number of nitrogens with zero attached hydrogens (tertiary/aromatic N) is 2. The molecule has 0 aliphatic carbocycles. The molecule has 0 saturated heterocycles. The van der Waals surface area contributed by atoms with Crippen molar-refractivity contribution in [1.82, 2.24) is 9.78 Å². The Morgan fingerprint density at radius 3 is 2.15 bits per heavy atom. The van der Waals surface area contributed by atoms with Crippen molar-refractivity contribution in [3.05, 3.63) is 72.2 Å². The molecule has 0 atom stereocenters. The van der Waals surface area contributed by atoms with Gasteiger partial charge >= 0.3 is 0 Å². The molecule has 98 valence electrons. The fourth-order valence-electron chi connectivity index (χ4n) is 2.09. The molecule has 20 heavy (non-hydrogen) atoms. The summed E-state index contributed by atoms with van der Waals surface area (Å²) in [6.45, 7) is 0. The minimum Gasteiger partial charge on any atom is -0.296 e. The summed E-state index contributed by atoms with van der Waals surface area (Å²) in [4.78, 5) is 10.9. The normalized spacial score (nSPS) is 10.4. The molecule has 0 aliphatic rings. The SMILES string of the molecule is O=Cc1nn(-c2ccccc2)c(-c2ccccc2)c1F. The lowest BCUT2D eigenvalue weighted by molar-refractivity contribution is 0.111. The second-order valence-electron chi connectivity index (χ2n) is 4.28. The molecule has 0 bridgehead atoms. The summed E-state index contributed by atoms with van der Waals surface area (Å²) >= 11 is 0. The number of aldehydes is 1. The maximum atomic E-state index is 14.4. The third-order valence-electron chi connectivity index (χ3n) is 3.01. The van der Waals surface area contributed by atoms with Gasteiger partial charge < -0.3 is 0 Å². The largest absolute Gasteiger partial charge is 0.296 e. The maximum absolute atomic E-state index is 14.4. The molecule has 2 aromatic carbocycles. The van der Waals surface area contributed by atoms with E-state index >= 15 is 0 Å². The highest BCUT2D eigenvalue weighted by atomic mass is 19.1. The van der Waals surface area contributed by atoms with Crippen LogP contribution < -0.4 is 0 Å². The van der Waals surface area contributed by atoms with Crippen LogP contribution in [-0.2, 0) is 0 Å². The maximum Gasteiger partial charge on any atom is 0.180 e. The van der Waals surface area contributed by atoms with E-state index in [1.165, 1.54) is 4.68 Å². The molecule has 1 aromatic heterocycles. The van der Waals surface area contributed by atoms with E-state index < -0.39 is 5.82 Å². The summed E-state index contributed by atoms with van der Waals surface area (Å²) in [5, 5.41) is 4.05. The Kier molecular flexibility index (Phi) is 3.13. The quantitative estimate of drug-likeness (QED) is 0.680. The van der Waals surface area contributed by atoms with Crippen molar-refractivity contribution < 1.29 is 9.18 Å². The monoisotopic (exact) mass is 266 g/mol. The van der Waals surface area contributed by atoms with Gasteiger partial charge in [-0.3, -0.25) is 4.79 Å². The second-order valence-corrected chi connectivity index (χ2v) is 4.28. The lowest BCUT2D eigenvalue weighted by atomic mass is 10.1. The van der Waals surface area contributed by atoms with E-state index in [4.69, 9.17) is 0 Å². The Labute approximate surface area is 115 Å². The van der Waals surface area contributed by atoms with Crippen molar-refractivity contribution in [2.75, 3.05) is 0 Å². The fraction of sp³-hybridized carbons (Fsp3) is 0. The number of aromatic nitrogens is 2. The van der Waals surface area contributed by atoms with Gasteiger partial charge in [0.1, 0.15) is 5.69 Å². The van der Waals surface area contributed by atoms with Gasteiger partial charge in [0.15, 0.2) is 17.8 Å². The summed E-state index contributed by atoms with van der Waals surface area (Å²) in [5.74, 6) is -0.602. The summed E-state index contributed by atoms with van der Waals surface area (Å²) in [5.41, 5.74) is 1.49. The average Bonchev–Trinajstić information content (AvgIpc) is 2.86. The van der Waals surface area contributed by atoms with Crippen molar-refractivity contribution in [3.8, 4) is 16.9 Å². The first kappa shape index (κ1) is 12.3. The van der Waals surface area contributed by atoms with Gasteiger partial charge in [-0.2, -0.15) is 5.10 Å². The van der Waals surface area contributed by atoms with Crippen molar-refractivity contribution in [1.29, 1.82) is 0 Å². The predicted octanol–water partition coefficient (Wildman–Crippen LogP) is 3.49. The zero-order valence-corrected chi connectivity index (χ0v) is 10.5. The van der Waals surface area contributed by atoms with Crippen molar-refractivity contribution in [2.24, 2.45) is 0 Å². The Morgan fingerprint density at radius 1 is 0.950 bits per heavy atom. The number of benzene rings is 2. The van der Waals surface area contributed by atoms with E-state index in [1.54, 1.807) is 12.1 Å². The van der Waals surface area contributed by atoms with Crippen LogP contribution in [0.1, 0.15) is 10.5 Å². The van der Waals surface area contributed by atoms with Crippen LogP contribution in [0.4, 0.5) is 4.39 Å². The lowest BCUT2D eigenvalue weighted by Crippen LogP contribution is -1.99. The number of halogens is 1. The third-order valence-corrected chi connectivity index (χ3v) is 3.01. The van der Waals surface area contributed by atoms with Gasteiger partial charge in [0, 0.05) is 5.56 Å². The minimum atomic E-state index is -0.602. The van der Waals surface area contributed by atoms with Crippen LogP contribution in [0.5, 0.6) is 0 Å². The van der Waals surface area contributed by atoms with Crippen LogP contribution in [0.3, 0.4) is 0 Å². The Bertz CT molecular complexity index is 736. The number of hydrogen-bond donors (Lipinski definition) is 0. The molecule has 0 saturated carbocycles. The van der Waals surface area contributed by atoms with E-state index in [-0.39, 0.29) is 5.69 Å². The number of carbonyl (C=O) groups is 1. The first-order valence-corrected chi connectivity index (χ1v) is 6.16. The average molecular weight is 266 g/mol. The van der Waals surface area contributed by atoms with E-state index in [0.717, 1.165) is 0 Å². The summed E-state index contributed by atoms with van der Waals surface area (Å²) in [7, 11) is 0. The van der Waals surface area contributed by atoms with Crippen LogP contribution in [-0.4, -0.2) is 16.1 Å².